The van der Waals surface area contributed by atoms with Crippen molar-refractivity contribution in [2.24, 2.45) is 11.8 Å². The molecule has 3 aliphatic rings. The highest BCUT2D eigenvalue weighted by atomic mass is 17.1. The van der Waals surface area contributed by atoms with Gasteiger partial charge >= 0.3 is 11.9 Å². The zero-order chi connectivity index (χ0) is 20.6. The molecule has 2 fully saturated rings. The molecule has 2 aliphatic carbocycles. The highest BCUT2D eigenvalue weighted by Gasteiger charge is 2.61. The fraction of sp³-hybridized carbons (Fsp3) is 0.500. The van der Waals surface area contributed by atoms with Gasteiger partial charge in [-0.05, 0) is 18.6 Å². The summed E-state index contributed by atoms with van der Waals surface area (Å²) in [6.45, 7) is 8.66. The molecule has 8 nitrogen and oxygen atoms in total. The molecule has 3 rings (SSSR count). The lowest BCUT2D eigenvalue weighted by atomic mass is 9.77. The molecule has 0 aromatic carbocycles. The van der Waals surface area contributed by atoms with E-state index >= 15 is 0 Å². The standard InChI is InChI=1S/C20H24O8/c1-10-4-6-20(28-25)11(2)8-14(26-19(24)13(9-22)5-7-21)15-12(3)18(23)27-17(15)16(10)20/h4-5,14-17,21-22,25H,2-3,6-9H2,1H3/b13-5+/t14-,15-,16-,17+,20-/m1/s1. The minimum atomic E-state index is -1.18. The summed E-state index contributed by atoms with van der Waals surface area (Å²) < 4.78 is 11.1. The zero-order valence-electron chi connectivity index (χ0n) is 15.6. The van der Waals surface area contributed by atoms with Crippen LogP contribution >= 0.6 is 0 Å². The number of esters is 2. The molecule has 1 saturated heterocycles. The molecule has 3 N–H and O–H groups in total. The van der Waals surface area contributed by atoms with Gasteiger partial charge in [0.05, 0.1) is 30.6 Å². The van der Waals surface area contributed by atoms with Crippen LogP contribution in [0.25, 0.3) is 0 Å². The minimum absolute atomic E-state index is 0.103. The quantitative estimate of drug-likeness (QED) is 0.209. The molecule has 152 valence electrons. The molecule has 1 aliphatic heterocycles. The van der Waals surface area contributed by atoms with Gasteiger partial charge in [-0.25, -0.2) is 14.5 Å². The zero-order valence-corrected chi connectivity index (χ0v) is 15.6. The second-order valence-electron chi connectivity index (χ2n) is 7.35. The number of hydrogen-bond donors (Lipinski definition) is 3. The van der Waals surface area contributed by atoms with Gasteiger partial charge in [-0.15, -0.1) is 0 Å². The Morgan fingerprint density at radius 2 is 2.14 bits per heavy atom. The maximum Gasteiger partial charge on any atom is 0.336 e. The van der Waals surface area contributed by atoms with Crippen molar-refractivity contribution in [3.8, 4) is 0 Å². The summed E-state index contributed by atoms with van der Waals surface area (Å²) in [5, 5.41) is 28.1. The Kier molecular flexibility index (Phi) is 5.58. The van der Waals surface area contributed by atoms with Crippen LogP contribution in [0, 0.1) is 11.8 Å². The van der Waals surface area contributed by atoms with Crippen LogP contribution in [0.4, 0.5) is 0 Å². The van der Waals surface area contributed by atoms with E-state index in [2.05, 4.69) is 13.2 Å². The lowest BCUT2D eigenvalue weighted by Gasteiger charge is -2.36. The van der Waals surface area contributed by atoms with Crippen molar-refractivity contribution >= 4 is 11.9 Å². The van der Waals surface area contributed by atoms with E-state index < -0.39 is 54.8 Å². The Bertz CT molecular complexity index is 779. The molecular formula is C20H24O8. The van der Waals surface area contributed by atoms with Gasteiger partial charge in [0.1, 0.15) is 17.8 Å². The molecule has 0 radical (unpaired) electrons. The predicted octanol–water partition coefficient (Wildman–Crippen LogP) is 1.06. The molecule has 28 heavy (non-hydrogen) atoms. The normalized spacial score (nSPS) is 35.1. The number of fused-ring (bicyclic) bond motifs is 3. The first-order valence-corrected chi connectivity index (χ1v) is 8.99. The number of rotatable bonds is 5. The van der Waals surface area contributed by atoms with E-state index in [1.807, 2.05) is 13.0 Å². The molecule has 0 unspecified atom stereocenters. The first kappa shape index (κ1) is 20.5. The highest BCUT2D eigenvalue weighted by Crippen LogP contribution is 2.54. The summed E-state index contributed by atoms with van der Waals surface area (Å²) in [6, 6.07) is 0. The Hall–Kier alpha value is -2.26. The third kappa shape index (κ3) is 3.02. The van der Waals surface area contributed by atoms with Gasteiger partial charge in [0.25, 0.3) is 0 Å². The second-order valence-corrected chi connectivity index (χ2v) is 7.35. The van der Waals surface area contributed by atoms with Crippen LogP contribution in [0.2, 0.25) is 0 Å². The molecule has 0 spiro atoms. The van der Waals surface area contributed by atoms with Gasteiger partial charge in [0.15, 0.2) is 0 Å². The fourth-order valence-corrected chi connectivity index (χ4v) is 4.49. The number of aliphatic hydroxyl groups excluding tert-OH is 2. The molecule has 0 bridgehead atoms. The molecule has 1 saturated carbocycles. The van der Waals surface area contributed by atoms with E-state index in [4.69, 9.17) is 19.5 Å². The molecule has 5 atom stereocenters. The number of carbonyl (C=O) groups excluding carboxylic acids is 2. The van der Waals surface area contributed by atoms with Gasteiger partial charge in [-0.3, -0.25) is 5.26 Å². The minimum Gasteiger partial charge on any atom is -0.458 e. The van der Waals surface area contributed by atoms with E-state index in [1.165, 1.54) is 0 Å². The average Bonchev–Trinajstić information content (AvgIpc) is 3.12. The van der Waals surface area contributed by atoms with Crippen LogP contribution in [-0.2, 0) is 24.0 Å². The van der Waals surface area contributed by atoms with Gasteiger partial charge < -0.3 is 19.7 Å². The lowest BCUT2D eigenvalue weighted by Crippen LogP contribution is -2.45. The third-order valence-corrected chi connectivity index (χ3v) is 5.95. The van der Waals surface area contributed by atoms with E-state index in [0.29, 0.717) is 12.0 Å². The maximum absolute atomic E-state index is 12.4. The van der Waals surface area contributed by atoms with Crippen molar-refractivity contribution in [2.45, 2.75) is 37.6 Å². The van der Waals surface area contributed by atoms with Crippen LogP contribution in [0.1, 0.15) is 19.8 Å². The third-order valence-electron chi connectivity index (χ3n) is 5.95. The van der Waals surface area contributed by atoms with Crippen LogP contribution < -0.4 is 0 Å². The van der Waals surface area contributed by atoms with Crippen molar-refractivity contribution in [3.05, 3.63) is 47.6 Å². The van der Waals surface area contributed by atoms with Crippen molar-refractivity contribution in [1.29, 1.82) is 0 Å². The summed E-state index contributed by atoms with van der Waals surface area (Å²) in [7, 11) is 0. The van der Waals surface area contributed by atoms with E-state index in [0.717, 1.165) is 11.6 Å². The van der Waals surface area contributed by atoms with Crippen LogP contribution in [0.3, 0.4) is 0 Å². The molecule has 8 heteroatoms. The van der Waals surface area contributed by atoms with Gasteiger partial charge in [-0.2, -0.15) is 0 Å². The number of ether oxygens (including phenoxy) is 2. The SMILES string of the molecule is C=C1C(=O)O[C@H]2[C@H]1[C@H](OC(=O)/C(=C/CO)CO)CC(=C)[C@]1(OO)CC=C(C)[C@H]21. The van der Waals surface area contributed by atoms with E-state index in [1.54, 1.807) is 0 Å². The molecular weight excluding hydrogens is 368 g/mol. The average molecular weight is 392 g/mol. The Labute approximate surface area is 162 Å². The largest absolute Gasteiger partial charge is 0.458 e. The monoisotopic (exact) mass is 392 g/mol. The van der Waals surface area contributed by atoms with Crippen molar-refractivity contribution in [3.63, 3.8) is 0 Å². The Morgan fingerprint density at radius 3 is 2.75 bits per heavy atom. The van der Waals surface area contributed by atoms with E-state index in [-0.39, 0.29) is 17.6 Å². The van der Waals surface area contributed by atoms with Crippen LogP contribution in [0.15, 0.2) is 47.6 Å². The van der Waals surface area contributed by atoms with Crippen LogP contribution in [0.5, 0.6) is 0 Å². The topological polar surface area (TPSA) is 123 Å². The number of carbonyl (C=O) groups is 2. The maximum atomic E-state index is 12.4. The van der Waals surface area contributed by atoms with Crippen LogP contribution in [-0.4, -0.2) is 58.4 Å². The molecule has 1 heterocycles. The summed E-state index contributed by atoms with van der Waals surface area (Å²) >= 11 is 0. The first-order chi connectivity index (χ1) is 13.3. The summed E-state index contributed by atoms with van der Waals surface area (Å²) in [6.07, 6.45) is 1.90. The van der Waals surface area contributed by atoms with Crippen molar-refractivity contribution in [1.82, 2.24) is 0 Å². The summed E-state index contributed by atoms with van der Waals surface area (Å²) in [4.78, 5) is 29.6. The van der Waals surface area contributed by atoms with E-state index in [9.17, 15) is 20.0 Å². The predicted molar refractivity (Wildman–Crippen MR) is 96.7 cm³/mol. The number of aliphatic hydroxyl groups is 2. The number of hydrogen-bond acceptors (Lipinski definition) is 8. The van der Waals surface area contributed by atoms with Gasteiger partial charge in [-0.1, -0.05) is 24.8 Å². The van der Waals surface area contributed by atoms with Gasteiger partial charge in [0.2, 0.25) is 0 Å². The molecule has 0 amide bonds. The first-order valence-electron chi connectivity index (χ1n) is 8.99. The summed E-state index contributed by atoms with van der Waals surface area (Å²) in [5.74, 6) is -2.57. The van der Waals surface area contributed by atoms with Crippen molar-refractivity contribution < 1.29 is 39.4 Å². The Balaban J connectivity index is 2.01. The van der Waals surface area contributed by atoms with Gasteiger partial charge in [0, 0.05) is 18.4 Å². The smallest absolute Gasteiger partial charge is 0.336 e. The molecule has 0 aromatic rings. The molecule has 0 aromatic heterocycles. The van der Waals surface area contributed by atoms with Crippen molar-refractivity contribution in [2.75, 3.05) is 13.2 Å². The highest BCUT2D eigenvalue weighted by molar-refractivity contribution is 5.92. The fourth-order valence-electron chi connectivity index (χ4n) is 4.49. The second kappa shape index (κ2) is 7.63. The lowest BCUT2D eigenvalue weighted by molar-refractivity contribution is -0.323. The summed E-state index contributed by atoms with van der Waals surface area (Å²) in [5.41, 5.74) is 0.256. The Morgan fingerprint density at radius 1 is 1.43 bits per heavy atom.